The van der Waals surface area contributed by atoms with Crippen LogP contribution in [0, 0.1) is 13.8 Å². The molecule has 1 rings (SSSR count). The Morgan fingerprint density at radius 1 is 1.38 bits per heavy atom. The van der Waals surface area contributed by atoms with Gasteiger partial charge in [-0.3, -0.25) is 0 Å². The first kappa shape index (κ1) is 13.2. The standard InChI is InChI=1S/C13H20ClNO/c1-6-15-13-10(5)12(14)9(4)7-11(13)16-8(2)3/h7-8,15H,6H2,1-5H3. The molecular weight excluding hydrogens is 222 g/mol. The number of hydrogen-bond acceptors (Lipinski definition) is 2. The van der Waals surface area contributed by atoms with Crippen LogP contribution in [-0.4, -0.2) is 12.6 Å². The van der Waals surface area contributed by atoms with Gasteiger partial charge in [-0.25, -0.2) is 0 Å². The molecule has 0 bridgehead atoms. The molecule has 0 saturated heterocycles. The summed E-state index contributed by atoms with van der Waals surface area (Å²) in [5.41, 5.74) is 3.11. The highest BCUT2D eigenvalue weighted by Crippen LogP contribution is 2.36. The quantitative estimate of drug-likeness (QED) is 0.854. The second-order valence-electron chi connectivity index (χ2n) is 4.20. The number of halogens is 1. The minimum absolute atomic E-state index is 0.164. The minimum atomic E-state index is 0.164. The number of hydrogen-bond donors (Lipinski definition) is 1. The summed E-state index contributed by atoms with van der Waals surface area (Å²) >= 11 is 6.23. The van der Waals surface area contributed by atoms with Gasteiger partial charge in [-0.1, -0.05) is 11.6 Å². The van der Waals surface area contributed by atoms with Crippen molar-refractivity contribution in [3.05, 3.63) is 22.2 Å². The molecule has 1 aromatic rings. The Balaban J connectivity index is 3.23. The first-order valence-electron chi connectivity index (χ1n) is 5.67. The third kappa shape index (κ3) is 2.82. The van der Waals surface area contributed by atoms with E-state index in [0.29, 0.717) is 0 Å². The summed E-state index contributed by atoms with van der Waals surface area (Å²) < 4.78 is 5.79. The molecule has 0 heterocycles. The molecule has 0 radical (unpaired) electrons. The molecule has 0 aliphatic heterocycles. The number of nitrogens with one attached hydrogen (secondary N) is 1. The van der Waals surface area contributed by atoms with Crippen LogP contribution in [0.2, 0.25) is 5.02 Å². The molecule has 0 spiro atoms. The zero-order chi connectivity index (χ0) is 12.3. The second-order valence-corrected chi connectivity index (χ2v) is 4.58. The van der Waals surface area contributed by atoms with E-state index in [0.717, 1.165) is 34.1 Å². The molecule has 0 aliphatic rings. The van der Waals surface area contributed by atoms with Crippen molar-refractivity contribution in [1.82, 2.24) is 0 Å². The number of ether oxygens (including phenoxy) is 1. The van der Waals surface area contributed by atoms with Gasteiger partial charge < -0.3 is 10.1 Å². The fraction of sp³-hybridized carbons (Fsp3) is 0.538. The van der Waals surface area contributed by atoms with Crippen molar-refractivity contribution in [2.24, 2.45) is 0 Å². The van der Waals surface area contributed by atoms with Gasteiger partial charge in [0.1, 0.15) is 5.75 Å². The normalized spacial score (nSPS) is 10.7. The Labute approximate surface area is 103 Å². The lowest BCUT2D eigenvalue weighted by atomic mass is 10.1. The van der Waals surface area contributed by atoms with E-state index in [-0.39, 0.29) is 6.10 Å². The van der Waals surface area contributed by atoms with E-state index < -0.39 is 0 Å². The predicted molar refractivity (Wildman–Crippen MR) is 70.9 cm³/mol. The van der Waals surface area contributed by atoms with Gasteiger partial charge in [-0.05, 0) is 51.8 Å². The monoisotopic (exact) mass is 241 g/mol. The predicted octanol–water partition coefficient (Wildman–Crippen LogP) is 4.18. The average molecular weight is 242 g/mol. The van der Waals surface area contributed by atoms with Gasteiger partial charge in [0.25, 0.3) is 0 Å². The molecule has 0 amide bonds. The van der Waals surface area contributed by atoms with E-state index in [1.807, 2.05) is 33.8 Å². The number of benzene rings is 1. The fourth-order valence-corrected chi connectivity index (χ4v) is 1.81. The lowest BCUT2D eigenvalue weighted by molar-refractivity contribution is 0.243. The minimum Gasteiger partial charge on any atom is -0.489 e. The first-order valence-corrected chi connectivity index (χ1v) is 6.05. The average Bonchev–Trinajstić information content (AvgIpc) is 2.20. The molecule has 1 aromatic carbocycles. The Bertz CT molecular complexity index is 375. The van der Waals surface area contributed by atoms with Crippen LogP contribution in [0.25, 0.3) is 0 Å². The summed E-state index contributed by atoms with van der Waals surface area (Å²) in [5, 5.41) is 4.12. The molecule has 0 aromatic heterocycles. The molecular formula is C13H20ClNO. The molecule has 0 fully saturated rings. The van der Waals surface area contributed by atoms with Crippen molar-refractivity contribution in [2.45, 2.75) is 40.7 Å². The highest BCUT2D eigenvalue weighted by atomic mass is 35.5. The van der Waals surface area contributed by atoms with E-state index in [1.54, 1.807) is 0 Å². The Morgan fingerprint density at radius 3 is 2.50 bits per heavy atom. The molecule has 0 aliphatic carbocycles. The third-order valence-electron chi connectivity index (χ3n) is 2.36. The summed E-state index contributed by atoms with van der Waals surface area (Å²) in [5.74, 6) is 0.885. The van der Waals surface area contributed by atoms with Gasteiger partial charge in [-0.15, -0.1) is 0 Å². The number of rotatable bonds is 4. The molecule has 0 unspecified atom stereocenters. The van der Waals surface area contributed by atoms with E-state index in [2.05, 4.69) is 12.2 Å². The number of anilines is 1. The van der Waals surface area contributed by atoms with Crippen molar-refractivity contribution >= 4 is 17.3 Å². The van der Waals surface area contributed by atoms with E-state index in [1.165, 1.54) is 0 Å². The summed E-state index contributed by atoms with van der Waals surface area (Å²) in [6, 6.07) is 1.99. The largest absolute Gasteiger partial charge is 0.489 e. The van der Waals surface area contributed by atoms with Gasteiger partial charge in [0.2, 0.25) is 0 Å². The van der Waals surface area contributed by atoms with Crippen LogP contribution in [-0.2, 0) is 0 Å². The molecule has 0 atom stereocenters. The van der Waals surface area contributed by atoms with Crippen molar-refractivity contribution in [2.75, 3.05) is 11.9 Å². The van der Waals surface area contributed by atoms with Gasteiger partial charge in [0.05, 0.1) is 11.8 Å². The van der Waals surface area contributed by atoms with E-state index >= 15 is 0 Å². The van der Waals surface area contributed by atoms with E-state index in [4.69, 9.17) is 16.3 Å². The van der Waals surface area contributed by atoms with Gasteiger partial charge in [0.15, 0.2) is 0 Å². The van der Waals surface area contributed by atoms with Gasteiger partial charge in [0, 0.05) is 11.6 Å². The molecule has 0 saturated carbocycles. The van der Waals surface area contributed by atoms with Crippen molar-refractivity contribution in [1.29, 1.82) is 0 Å². The van der Waals surface area contributed by atoms with Crippen LogP contribution >= 0.6 is 11.6 Å². The highest BCUT2D eigenvalue weighted by molar-refractivity contribution is 6.32. The van der Waals surface area contributed by atoms with Gasteiger partial charge >= 0.3 is 0 Å². The maximum atomic E-state index is 6.23. The molecule has 1 N–H and O–H groups in total. The zero-order valence-electron chi connectivity index (χ0n) is 10.6. The van der Waals surface area contributed by atoms with Crippen molar-refractivity contribution in [3.63, 3.8) is 0 Å². The van der Waals surface area contributed by atoms with Crippen molar-refractivity contribution < 1.29 is 4.74 Å². The Kier molecular flexibility index (Phi) is 4.48. The van der Waals surface area contributed by atoms with E-state index in [9.17, 15) is 0 Å². The molecule has 16 heavy (non-hydrogen) atoms. The maximum Gasteiger partial charge on any atom is 0.143 e. The third-order valence-corrected chi connectivity index (χ3v) is 2.94. The second kappa shape index (κ2) is 5.44. The molecule has 90 valence electrons. The fourth-order valence-electron chi connectivity index (χ4n) is 1.67. The van der Waals surface area contributed by atoms with Crippen LogP contribution in [0.4, 0.5) is 5.69 Å². The zero-order valence-corrected chi connectivity index (χ0v) is 11.4. The van der Waals surface area contributed by atoms with Crippen LogP contribution in [0.3, 0.4) is 0 Å². The first-order chi connectivity index (χ1) is 7.47. The molecule has 2 nitrogen and oxygen atoms in total. The van der Waals surface area contributed by atoms with Crippen LogP contribution < -0.4 is 10.1 Å². The topological polar surface area (TPSA) is 21.3 Å². The summed E-state index contributed by atoms with van der Waals surface area (Å²) in [6.45, 7) is 11.0. The summed E-state index contributed by atoms with van der Waals surface area (Å²) in [7, 11) is 0. The lowest BCUT2D eigenvalue weighted by Crippen LogP contribution is -2.10. The van der Waals surface area contributed by atoms with Crippen molar-refractivity contribution in [3.8, 4) is 5.75 Å². The highest BCUT2D eigenvalue weighted by Gasteiger charge is 2.13. The maximum absolute atomic E-state index is 6.23. The van der Waals surface area contributed by atoms with Crippen LogP contribution in [0.1, 0.15) is 31.9 Å². The Morgan fingerprint density at radius 2 is 2.00 bits per heavy atom. The SMILES string of the molecule is CCNc1c(OC(C)C)cc(C)c(Cl)c1C. The van der Waals surface area contributed by atoms with Crippen LogP contribution in [0.5, 0.6) is 5.75 Å². The summed E-state index contributed by atoms with van der Waals surface area (Å²) in [4.78, 5) is 0. The number of aryl methyl sites for hydroxylation is 1. The molecule has 3 heteroatoms. The lowest BCUT2D eigenvalue weighted by Gasteiger charge is -2.19. The summed E-state index contributed by atoms with van der Waals surface area (Å²) in [6.07, 6.45) is 0.164. The van der Waals surface area contributed by atoms with Crippen LogP contribution in [0.15, 0.2) is 6.07 Å². The smallest absolute Gasteiger partial charge is 0.143 e. The van der Waals surface area contributed by atoms with Gasteiger partial charge in [-0.2, -0.15) is 0 Å². The Hall–Kier alpha value is -0.890.